The second-order valence-corrected chi connectivity index (χ2v) is 7.97. The number of nitrogens with zero attached hydrogens (tertiary/aromatic N) is 2. The molecular formula is C17H25N3O2S. The lowest BCUT2D eigenvalue weighted by Crippen LogP contribution is -2.44. The van der Waals surface area contributed by atoms with Gasteiger partial charge in [0.1, 0.15) is 11.7 Å². The lowest BCUT2D eigenvalue weighted by molar-refractivity contribution is 0.0166. The fraction of sp³-hybridized carbons (Fsp3) is 0.647. The molecule has 0 radical (unpaired) electrons. The number of piperidine rings is 1. The molecular weight excluding hydrogens is 310 g/mol. The number of carbonyl (C=O) groups excluding carboxylic acids is 1. The normalized spacial score (nSPS) is 18.5. The van der Waals surface area contributed by atoms with Crippen LogP contribution in [0.2, 0.25) is 0 Å². The molecule has 2 heterocycles. The molecule has 1 amide bonds. The number of amides is 1. The van der Waals surface area contributed by atoms with Crippen molar-refractivity contribution in [2.24, 2.45) is 5.92 Å². The SMILES string of the molecule is CC(C)(C)OC(=O)N1CCCC(CNCc2cc(C#N)cs2)C1. The maximum absolute atomic E-state index is 12.1. The topological polar surface area (TPSA) is 65.4 Å². The van der Waals surface area contributed by atoms with E-state index in [0.717, 1.165) is 44.6 Å². The first-order valence-corrected chi connectivity index (χ1v) is 8.91. The van der Waals surface area contributed by atoms with Crippen molar-refractivity contribution < 1.29 is 9.53 Å². The molecule has 1 atom stereocenters. The van der Waals surface area contributed by atoms with Gasteiger partial charge in [-0.15, -0.1) is 11.3 Å². The minimum atomic E-state index is -0.445. The Morgan fingerprint density at radius 3 is 3.00 bits per heavy atom. The summed E-state index contributed by atoms with van der Waals surface area (Å²) in [6, 6.07) is 4.07. The summed E-state index contributed by atoms with van der Waals surface area (Å²) in [5.41, 5.74) is 0.278. The van der Waals surface area contributed by atoms with E-state index in [1.807, 2.05) is 37.1 Å². The van der Waals surface area contributed by atoms with Crippen LogP contribution >= 0.6 is 11.3 Å². The molecule has 5 nitrogen and oxygen atoms in total. The van der Waals surface area contributed by atoms with Crippen LogP contribution in [0.25, 0.3) is 0 Å². The Morgan fingerprint density at radius 2 is 2.35 bits per heavy atom. The van der Waals surface area contributed by atoms with Crippen molar-refractivity contribution >= 4 is 17.4 Å². The molecule has 126 valence electrons. The van der Waals surface area contributed by atoms with Crippen LogP contribution in [0.4, 0.5) is 4.79 Å². The number of rotatable bonds is 4. The van der Waals surface area contributed by atoms with E-state index in [4.69, 9.17) is 10.00 Å². The van der Waals surface area contributed by atoms with E-state index in [0.29, 0.717) is 5.92 Å². The molecule has 1 aliphatic heterocycles. The number of nitrogens with one attached hydrogen (secondary N) is 1. The summed E-state index contributed by atoms with van der Waals surface area (Å²) < 4.78 is 5.45. The molecule has 1 aliphatic rings. The monoisotopic (exact) mass is 335 g/mol. The molecule has 1 aromatic heterocycles. The maximum atomic E-state index is 12.1. The van der Waals surface area contributed by atoms with Gasteiger partial charge < -0.3 is 15.0 Å². The molecule has 0 spiro atoms. The van der Waals surface area contributed by atoms with Crippen molar-refractivity contribution in [1.82, 2.24) is 10.2 Å². The Bertz CT molecular complexity index is 571. The van der Waals surface area contributed by atoms with E-state index < -0.39 is 5.60 Å². The predicted octanol–water partition coefficient (Wildman–Crippen LogP) is 3.36. The van der Waals surface area contributed by atoms with Gasteiger partial charge in [0.15, 0.2) is 0 Å². The molecule has 6 heteroatoms. The smallest absolute Gasteiger partial charge is 0.410 e. The molecule has 0 saturated carbocycles. The van der Waals surface area contributed by atoms with Crippen molar-refractivity contribution in [3.05, 3.63) is 21.9 Å². The highest BCUT2D eigenvalue weighted by Crippen LogP contribution is 2.19. The highest BCUT2D eigenvalue weighted by Gasteiger charge is 2.27. The van der Waals surface area contributed by atoms with Gasteiger partial charge in [0, 0.05) is 29.9 Å². The summed E-state index contributed by atoms with van der Waals surface area (Å²) in [5.74, 6) is 0.451. The molecule has 1 N–H and O–H groups in total. The molecule has 1 fully saturated rings. The van der Waals surface area contributed by atoms with Gasteiger partial charge in [-0.2, -0.15) is 5.26 Å². The van der Waals surface area contributed by atoms with Gasteiger partial charge >= 0.3 is 6.09 Å². The summed E-state index contributed by atoms with van der Waals surface area (Å²) in [6.45, 7) is 8.85. The van der Waals surface area contributed by atoms with E-state index >= 15 is 0 Å². The molecule has 2 rings (SSSR count). The van der Waals surface area contributed by atoms with Crippen LogP contribution in [0.3, 0.4) is 0 Å². The van der Waals surface area contributed by atoms with Gasteiger partial charge in [-0.1, -0.05) is 0 Å². The zero-order chi connectivity index (χ0) is 16.9. The predicted molar refractivity (Wildman–Crippen MR) is 91.3 cm³/mol. The van der Waals surface area contributed by atoms with Crippen molar-refractivity contribution in [2.75, 3.05) is 19.6 Å². The highest BCUT2D eigenvalue weighted by molar-refractivity contribution is 7.10. The van der Waals surface area contributed by atoms with Gasteiger partial charge in [-0.05, 0) is 52.1 Å². The average Bonchev–Trinajstić information content (AvgIpc) is 2.94. The van der Waals surface area contributed by atoms with E-state index in [1.165, 1.54) is 4.88 Å². The van der Waals surface area contributed by atoms with Crippen molar-refractivity contribution in [3.63, 3.8) is 0 Å². The minimum Gasteiger partial charge on any atom is -0.444 e. The van der Waals surface area contributed by atoms with Crippen LogP contribution < -0.4 is 5.32 Å². The van der Waals surface area contributed by atoms with Gasteiger partial charge in [0.05, 0.1) is 5.56 Å². The van der Waals surface area contributed by atoms with Crippen LogP contribution in [0.1, 0.15) is 44.1 Å². The van der Waals surface area contributed by atoms with Crippen molar-refractivity contribution in [3.8, 4) is 6.07 Å². The highest BCUT2D eigenvalue weighted by atomic mass is 32.1. The number of carbonyl (C=O) groups is 1. The Balaban J connectivity index is 1.75. The maximum Gasteiger partial charge on any atom is 0.410 e. The minimum absolute atomic E-state index is 0.209. The van der Waals surface area contributed by atoms with Crippen LogP contribution in [0, 0.1) is 17.2 Å². The van der Waals surface area contributed by atoms with Crippen molar-refractivity contribution in [1.29, 1.82) is 5.26 Å². The Morgan fingerprint density at radius 1 is 1.57 bits per heavy atom. The van der Waals surface area contributed by atoms with Crippen LogP contribution in [0.5, 0.6) is 0 Å². The summed E-state index contributed by atoms with van der Waals surface area (Å²) in [7, 11) is 0. The fourth-order valence-corrected chi connectivity index (χ4v) is 3.43. The first-order valence-electron chi connectivity index (χ1n) is 8.03. The molecule has 0 aliphatic carbocycles. The number of hydrogen-bond acceptors (Lipinski definition) is 5. The number of nitriles is 1. The molecule has 1 saturated heterocycles. The van der Waals surface area contributed by atoms with E-state index in [2.05, 4.69) is 11.4 Å². The molecule has 1 unspecified atom stereocenters. The lowest BCUT2D eigenvalue weighted by Gasteiger charge is -2.34. The van der Waals surface area contributed by atoms with Crippen LogP contribution in [-0.4, -0.2) is 36.2 Å². The average molecular weight is 335 g/mol. The quantitative estimate of drug-likeness (QED) is 0.916. The van der Waals surface area contributed by atoms with Crippen LogP contribution in [0.15, 0.2) is 11.4 Å². The molecule has 0 bridgehead atoms. The summed E-state index contributed by atoms with van der Waals surface area (Å²) >= 11 is 1.60. The largest absolute Gasteiger partial charge is 0.444 e. The van der Waals surface area contributed by atoms with Gasteiger partial charge in [0.25, 0.3) is 0 Å². The zero-order valence-electron chi connectivity index (χ0n) is 14.1. The molecule has 0 aromatic carbocycles. The van der Waals surface area contributed by atoms with E-state index in [9.17, 15) is 4.79 Å². The molecule has 23 heavy (non-hydrogen) atoms. The zero-order valence-corrected chi connectivity index (χ0v) is 14.9. The summed E-state index contributed by atoms with van der Waals surface area (Å²) in [4.78, 5) is 15.1. The number of thiophene rings is 1. The number of hydrogen-bond donors (Lipinski definition) is 1. The Kier molecular flexibility index (Phi) is 6.03. The fourth-order valence-electron chi connectivity index (χ4n) is 2.66. The summed E-state index contributed by atoms with van der Waals surface area (Å²) in [5, 5.41) is 14.1. The second kappa shape index (κ2) is 7.80. The van der Waals surface area contributed by atoms with E-state index in [1.54, 1.807) is 11.3 Å². The summed E-state index contributed by atoms with van der Waals surface area (Å²) in [6.07, 6.45) is 1.93. The Labute approximate surface area is 142 Å². The standard InChI is InChI=1S/C17H25N3O2S/c1-17(2,3)22-16(21)20-6-4-5-13(11-20)9-19-10-15-7-14(8-18)12-23-15/h7,12-13,19H,4-6,9-11H2,1-3H3. The van der Waals surface area contributed by atoms with Gasteiger partial charge in [-0.25, -0.2) is 4.79 Å². The third-order valence-electron chi connectivity index (χ3n) is 3.69. The lowest BCUT2D eigenvalue weighted by atomic mass is 9.98. The number of likely N-dealkylation sites (tertiary alicyclic amines) is 1. The van der Waals surface area contributed by atoms with E-state index in [-0.39, 0.29) is 6.09 Å². The van der Waals surface area contributed by atoms with Gasteiger partial charge in [-0.3, -0.25) is 0 Å². The first-order chi connectivity index (χ1) is 10.9. The molecule has 1 aromatic rings. The van der Waals surface area contributed by atoms with Crippen molar-refractivity contribution in [2.45, 2.75) is 45.8 Å². The third kappa shape index (κ3) is 5.85. The van der Waals surface area contributed by atoms with Crippen LogP contribution in [-0.2, 0) is 11.3 Å². The second-order valence-electron chi connectivity index (χ2n) is 6.98. The van der Waals surface area contributed by atoms with Gasteiger partial charge in [0.2, 0.25) is 0 Å². The number of ether oxygens (including phenoxy) is 1. The first kappa shape index (κ1) is 17.8. The third-order valence-corrected chi connectivity index (χ3v) is 4.62. The Hall–Kier alpha value is -1.58.